The SMILES string of the molecule is O=S(=O)(O)c1cc(O)c2cc([AsH2])ccc2c1. The molecular formula is C10H9AsO4S. The van der Waals surface area contributed by atoms with Gasteiger partial charge < -0.3 is 0 Å². The van der Waals surface area contributed by atoms with E-state index in [4.69, 9.17) is 4.55 Å². The third-order valence-corrected chi connectivity index (χ3v) is 3.81. The summed E-state index contributed by atoms with van der Waals surface area (Å²) in [5, 5.41) is 10.8. The minimum absolute atomic E-state index is 0.148. The zero-order chi connectivity index (χ0) is 11.9. The molecule has 0 fully saturated rings. The molecule has 0 bridgehead atoms. The molecule has 2 N–H and O–H groups in total. The third-order valence-electron chi connectivity index (χ3n) is 2.23. The maximum atomic E-state index is 10.9. The fourth-order valence-corrected chi connectivity index (χ4v) is 2.57. The Hall–Kier alpha value is -1.03. The van der Waals surface area contributed by atoms with E-state index in [9.17, 15) is 13.5 Å². The molecule has 0 heterocycles. The van der Waals surface area contributed by atoms with E-state index in [-0.39, 0.29) is 10.6 Å². The van der Waals surface area contributed by atoms with Crippen molar-refractivity contribution in [2.75, 3.05) is 0 Å². The Bertz CT molecular complexity index is 664. The Morgan fingerprint density at radius 1 is 1.12 bits per heavy atom. The van der Waals surface area contributed by atoms with Gasteiger partial charge in [0.25, 0.3) is 0 Å². The summed E-state index contributed by atoms with van der Waals surface area (Å²) in [5.41, 5.74) is 0. The van der Waals surface area contributed by atoms with Crippen LogP contribution in [0.2, 0.25) is 0 Å². The maximum absolute atomic E-state index is 10.9. The molecule has 6 heteroatoms. The second kappa shape index (κ2) is 3.77. The molecule has 0 spiro atoms. The molecule has 1 atom stereocenters. The van der Waals surface area contributed by atoms with E-state index in [1.165, 1.54) is 22.9 Å². The number of hydrogen-bond acceptors (Lipinski definition) is 3. The van der Waals surface area contributed by atoms with E-state index >= 15 is 0 Å². The van der Waals surface area contributed by atoms with Crippen LogP contribution in [0.1, 0.15) is 0 Å². The van der Waals surface area contributed by atoms with Crippen molar-refractivity contribution >= 4 is 42.1 Å². The zero-order valence-electron chi connectivity index (χ0n) is 8.08. The van der Waals surface area contributed by atoms with Gasteiger partial charge in [-0.15, -0.1) is 0 Å². The van der Waals surface area contributed by atoms with Crippen molar-refractivity contribution < 1.29 is 18.1 Å². The van der Waals surface area contributed by atoms with Gasteiger partial charge in [0.1, 0.15) is 0 Å². The molecule has 2 aromatic carbocycles. The number of phenols is 1. The predicted molar refractivity (Wildman–Crippen MR) is 63.6 cm³/mol. The van der Waals surface area contributed by atoms with Gasteiger partial charge in [-0.25, -0.2) is 0 Å². The second-order valence-corrected chi connectivity index (χ2v) is 6.22. The average Bonchev–Trinajstić information content (AvgIpc) is 2.17. The Kier molecular flexibility index (Phi) is 2.70. The van der Waals surface area contributed by atoms with Gasteiger partial charge in [0.2, 0.25) is 0 Å². The molecule has 0 saturated carbocycles. The van der Waals surface area contributed by atoms with Crippen LogP contribution in [0.3, 0.4) is 0 Å². The van der Waals surface area contributed by atoms with Gasteiger partial charge in [-0.3, -0.25) is 0 Å². The van der Waals surface area contributed by atoms with Crippen LogP contribution in [0.15, 0.2) is 35.2 Å². The average molecular weight is 300 g/mol. The van der Waals surface area contributed by atoms with Crippen LogP contribution in [-0.2, 0) is 10.1 Å². The van der Waals surface area contributed by atoms with Crippen LogP contribution >= 0.6 is 0 Å². The predicted octanol–water partition coefficient (Wildman–Crippen LogP) is 0.0505. The van der Waals surface area contributed by atoms with Crippen molar-refractivity contribution in [3.8, 4) is 5.75 Å². The standard InChI is InChI=1S/C10H9AsO4S/c11-7-2-1-6-3-8(16(13,14)15)5-10(12)9(6)4-7/h1-5,12H,11H2,(H,13,14,15). The van der Waals surface area contributed by atoms with Crippen LogP contribution in [0, 0.1) is 0 Å². The molecule has 2 aromatic rings. The molecule has 16 heavy (non-hydrogen) atoms. The number of hydrogen-bond donors (Lipinski definition) is 2. The van der Waals surface area contributed by atoms with E-state index in [2.05, 4.69) is 0 Å². The van der Waals surface area contributed by atoms with Crippen molar-refractivity contribution in [3.63, 3.8) is 0 Å². The molecule has 0 radical (unpaired) electrons. The quantitative estimate of drug-likeness (QED) is 0.576. The third kappa shape index (κ3) is 2.07. The minimum atomic E-state index is -4.28. The molecule has 0 aliphatic carbocycles. The molecule has 84 valence electrons. The zero-order valence-corrected chi connectivity index (χ0v) is 11.3. The van der Waals surface area contributed by atoms with Gasteiger partial charge in [-0.2, -0.15) is 0 Å². The monoisotopic (exact) mass is 300 g/mol. The topological polar surface area (TPSA) is 74.6 Å². The van der Waals surface area contributed by atoms with Gasteiger partial charge in [-0.1, -0.05) is 0 Å². The van der Waals surface area contributed by atoms with Crippen LogP contribution in [0.5, 0.6) is 5.75 Å². The van der Waals surface area contributed by atoms with Crippen molar-refractivity contribution in [1.29, 1.82) is 0 Å². The fraction of sp³-hybridized carbons (Fsp3) is 0. The number of fused-ring (bicyclic) bond motifs is 1. The van der Waals surface area contributed by atoms with Gasteiger partial charge in [0, 0.05) is 0 Å². The Balaban J connectivity index is 2.84. The van der Waals surface area contributed by atoms with Gasteiger partial charge in [0.15, 0.2) is 0 Å². The summed E-state index contributed by atoms with van der Waals surface area (Å²) in [6.07, 6.45) is 0. The second-order valence-electron chi connectivity index (χ2n) is 3.40. The summed E-state index contributed by atoms with van der Waals surface area (Å²) in [6, 6.07) is 7.69. The summed E-state index contributed by atoms with van der Waals surface area (Å²) < 4.78 is 31.8. The van der Waals surface area contributed by atoms with Crippen LogP contribution in [0.25, 0.3) is 10.8 Å². The Morgan fingerprint density at radius 3 is 2.44 bits per heavy atom. The number of phenolic OH excluding ortho intramolecular Hbond substituents is 1. The van der Waals surface area contributed by atoms with Gasteiger partial charge in [0.05, 0.1) is 0 Å². The van der Waals surface area contributed by atoms with Crippen molar-refractivity contribution in [1.82, 2.24) is 0 Å². The molecule has 2 rings (SSSR count). The molecule has 1 unspecified atom stereocenters. The van der Waals surface area contributed by atoms with E-state index in [1.54, 1.807) is 12.1 Å². The molecule has 0 saturated heterocycles. The van der Waals surface area contributed by atoms with Crippen molar-refractivity contribution in [2.24, 2.45) is 0 Å². The number of rotatable bonds is 1. The van der Waals surface area contributed by atoms with Crippen molar-refractivity contribution in [3.05, 3.63) is 30.3 Å². The van der Waals surface area contributed by atoms with Crippen molar-refractivity contribution in [2.45, 2.75) is 4.90 Å². The first-order chi connectivity index (χ1) is 7.38. The summed E-state index contributed by atoms with van der Waals surface area (Å²) in [7, 11) is -4.28. The van der Waals surface area contributed by atoms with E-state index < -0.39 is 10.1 Å². The molecule has 4 nitrogen and oxygen atoms in total. The Morgan fingerprint density at radius 2 is 1.81 bits per heavy atom. The summed E-state index contributed by atoms with van der Waals surface area (Å²) >= 11 is 1.41. The summed E-state index contributed by atoms with van der Waals surface area (Å²) in [5.74, 6) is -0.148. The summed E-state index contributed by atoms with van der Waals surface area (Å²) in [6.45, 7) is 0. The number of aromatic hydroxyl groups is 1. The molecular weight excluding hydrogens is 291 g/mol. The first-order valence-electron chi connectivity index (χ1n) is 4.38. The van der Waals surface area contributed by atoms with E-state index in [0.29, 0.717) is 10.8 Å². The van der Waals surface area contributed by atoms with Gasteiger partial charge in [-0.05, 0) is 0 Å². The van der Waals surface area contributed by atoms with Crippen LogP contribution in [-0.4, -0.2) is 34.9 Å². The van der Waals surface area contributed by atoms with E-state index in [0.717, 1.165) is 10.4 Å². The first-order valence-corrected chi connectivity index (χ1v) is 7.03. The molecule has 0 aromatic heterocycles. The van der Waals surface area contributed by atoms with Gasteiger partial charge >= 0.3 is 101 Å². The fourth-order valence-electron chi connectivity index (χ4n) is 1.48. The van der Waals surface area contributed by atoms with Crippen LogP contribution < -0.4 is 4.35 Å². The number of benzene rings is 2. The first kappa shape index (κ1) is 11.5. The van der Waals surface area contributed by atoms with Crippen LogP contribution in [0.4, 0.5) is 0 Å². The summed E-state index contributed by atoms with van der Waals surface area (Å²) in [4.78, 5) is -0.299. The molecule has 0 amide bonds. The normalized spacial score (nSPS) is 11.9. The molecule has 0 aliphatic heterocycles. The Labute approximate surface area is 101 Å². The molecule has 0 aliphatic rings. The van der Waals surface area contributed by atoms with E-state index in [1.807, 2.05) is 6.07 Å².